The van der Waals surface area contributed by atoms with Crippen LogP contribution in [-0.4, -0.2) is 23.2 Å². The third-order valence-electron chi connectivity index (χ3n) is 6.50. The summed E-state index contributed by atoms with van der Waals surface area (Å²) in [6.07, 6.45) is 4.27. The Labute approximate surface area is 196 Å². The molecule has 2 aromatic carbocycles. The molecule has 32 heavy (non-hydrogen) atoms. The molecule has 2 aromatic rings. The summed E-state index contributed by atoms with van der Waals surface area (Å²) in [5, 5.41) is 3.56. The third kappa shape index (κ3) is 4.36. The minimum atomic E-state index is -0.0822. The van der Waals surface area contributed by atoms with Crippen LogP contribution in [0.1, 0.15) is 68.7 Å². The average Bonchev–Trinajstić information content (AvgIpc) is 3.06. The Morgan fingerprint density at radius 2 is 1.97 bits per heavy atom. The summed E-state index contributed by atoms with van der Waals surface area (Å²) in [5.74, 6) is 0.398. The minimum Gasteiger partial charge on any atom is -0.366 e. The van der Waals surface area contributed by atoms with Gasteiger partial charge in [-0.25, -0.2) is 4.99 Å². The number of benzene rings is 2. The van der Waals surface area contributed by atoms with Crippen molar-refractivity contribution in [1.29, 1.82) is 0 Å². The molecule has 0 radical (unpaired) electrons. The van der Waals surface area contributed by atoms with Gasteiger partial charge in [0.2, 0.25) is 0 Å². The molecule has 2 aliphatic rings. The Kier molecular flexibility index (Phi) is 6.22. The highest BCUT2D eigenvalue weighted by Gasteiger charge is 2.36. The predicted octanol–water partition coefficient (Wildman–Crippen LogP) is 6.70. The normalized spacial score (nSPS) is 22.4. The van der Waals surface area contributed by atoms with E-state index in [1.165, 1.54) is 28.6 Å². The largest absolute Gasteiger partial charge is 0.366 e. The number of amides is 1. The number of hydrogen-bond donors (Lipinski definition) is 1. The molecule has 0 aromatic heterocycles. The number of fused-ring (bicyclic) bond motifs is 1. The molecule has 1 amide bonds. The van der Waals surface area contributed by atoms with Gasteiger partial charge in [-0.3, -0.25) is 4.79 Å². The van der Waals surface area contributed by atoms with E-state index in [4.69, 9.17) is 0 Å². The lowest BCUT2D eigenvalue weighted by molar-refractivity contribution is -0.115. The van der Waals surface area contributed by atoms with Crippen LogP contribution in [-0.2, 0) is 4.79 Å². The SMILES string of the molecule is CCCN1c2cc(C)c(/C=C3/SC(=Nc4ccccc4C)NC3=O)cc2C(C)CC1(C)C. The first-order valence-electron chi connectivity index (χ1n) is 11.5. The first-order valence-corrected chi connectivity index (χ1v) is 12.3. The predicted molar refractivity (Wildman–Crippen MR) is 138 cm³/mol. The molecular formula is C27H33N3OS. The summed E-state index contributed by atoms with van der Waals surface area (Å²) < 4.78 is 0. The van der Waals surface area contributed by atoms with Gasteiger partial charge in [-0.2, -0.15) is 0 Å². The molecule has 4 rings (SSSR count). The summed E-state index contributed by atoms with van der Waals surface area (Å²) in [6.45, 7) is 14.5. The highest BCUT2D eigenvalue weighted by atomic mass is 32.2. The molecule has 1 N–H and O–H groups in total. The standard InChI is InChI=1S/C27H33N3OS/c1-7-12-30-23-13-18(3)20(14-21(23)19(4)16-27(30,5)6)15-24-25(31)29-26(32-24)28-22-11-9-8-10-17(22)2/h8-11,13-15,19H,7,12,16H2,1-6H3,(H,28,29,31)/b24-15+. The fourth-order valence-corrected chi connectivity index (χ4v) is 5.70. The molecule has 0 aliphatic carbocycles. The van der Waals surface area contributed by atoms with Gasteiger partial charge in [0.25, 0.3) is 5.91 Å². The quantitative estimate of drug-likeness (QED) is 0.531. The smallest absolute Gasteiger partial charge is 0.264 e. The maximum absolute atomic E-state index is 12.7. The molecule has 1 atom stereocenters. The van der Waals surface area contributed by atoms with Crippen molar-refractivity contribution in [2.75, 3.05) is 11.4 Å². The van der Waals surface area contributed by atoms with Gasteiger partial charge in [0.15, 0.2) is 5.17 Å². The van der Waals surface area contributed by atoms with Crippen LogP contribution in [0.4, 0.5) is 11.4 Å². The second-order valence-electron chi connectivity index (χ2n) is 9.61. The van der Waals surface area contributed by atoms with Crippen LogP contribution in [0.5, 0.6) is 0 Å². The first-order chi connectivity index (χ1) is 15.2. The minimum absolute atomic E-state index is 0.0822. The van der Waals surface area contributed by atoms with Gasteiger partial charge in [0, 0.05) is 17.8 Å². The average molecular weight is 448 g/mol. The summed E-state index contributed by atoms with van der Waals surface area (Å²) in [5.41, 5.74) is 7.16. The van der Waals surface area contributed by atoms with Crippen LogP contribution in [0.15, 0.2) is 46.3 Å². The number of rotatable bonds is 4. The monoisotopic (exact) mass is 447 g/mol. The van der Waals surface area contributed by atoms with E-state index in [-0.39, 0.29) is 11.4 Å². The zero-order valence-corrected chi connectivity index (χ0v) is 20.8. The van der Waals surface area contributed by atoms with Crippen molar-refractivity contribution in [2.45, 2.75) is 65.8 Å². The maximum atomic E-state index is 12.7. The van der Waals surface area contributed by atoms with Crippen molar-refractivity contribution in [3.63, 3.8) is 0 Å². The maximum Gasteiger partial charge on any atom is 0.264 e. The fourth-order valence-electron chi connectivity index (χ4n) is 4.87. The summed E-state index contributed by atoms with van der Waals surface area (Å²) in [6, 6.07) is 12.6. The molecule has 1 saturated heterocycles. The Bertz CT molecular complexity index is 1120. The summed E-state index contributed by atoms with van der Waals surface area (Å²) in [4.78, 5) is 20.6. The fraction of sp³-hybridized carbons (Fsp3) is 0.407. The molecule has 2 heterocycles. The summed E-state index contributed by atoms with van der Waals surface area (Å²) in [7, 11) is 0. The molecule has 1 fully saturated rings. The molecule has 0 saturated carbocycles. The third-order valence-corrected chi connectivity index (χ3v) is 7.41. The van der Waals surface area contributed by atoms with Crippen molar-refractivity contribution in [3.8, 4) is 0 Å². The number of carbonyl (C=O) groups is 1. The molecule has 1 unspecified atom stereocenters. The number of anilines is 1. The number of para-hydroxylation sites is 1. The van der Waals surface area contributed by atoms with Crippen LogP contribution in [0.2, 0.25) is 0 Å². The Hall–Kier alpha value is -2.53. The van der Waals surface area contributed by atoms with Gasteiger partial charge in [-0.05, 0) is 105 Å². The number of aliphatic imine (C=N–C) groups is 1. The number of hydrogen-bond acceptors (Lipinski definition) is 4. The number of nitrogens with zero attached hydrogens (tertiary/aromatic N) is 2. The van der Waals surface area contributed by atoms with E-state index < -0.39 is 0 Å². The van der Waals surface area contributed by atoms with Gasteiger partial charge < -0.3 is 10.2 Å². The van der Waals surface area contributed by atoms with Crippen molar-refractivity contribution in [2.24, 2.45) is 4.99 Å². The van der Waals surface area contributed by atoms with Gasteiger partial charge in [0.05, 0.1) is 10.6 Å². The van der Waals surface area contributed by atoms with Gasteiger partial charge in [-0.1, -0.05) is 32.0 Å². The van der Waals surface area contributed by atoms with Crippen LogP contribution in [0, 0.1) is 13.8 Å². The topological polar surface area (TPSA) is 44.7 Å². The molecule has 4 nitrogen and oxygen atoms in total. The van der Waals surface area contributed by atoms with Gasteiger partial charge in [-0.15, -0.1) is 0 Å². The molecule has 168 valence electrons. The molecular weight excluding hydrogens is 414 g/mol. The van der Waals surface area contributed by atoms with E-state index in [2.05, 4.69) is 62.0 Å². The molecule has 0 spiro atoms. The van der Waals surface area contributed by atoms with Crippen molar-refractivity contribution in [3.05, 3.63) is 63.6 Å². The Morgan fingerprint density at radius 3 is 2.69 bits per heavy atom. The molecule has 0 bridgehead atoms. The lowest BCUT2D eigenvalue weighted by atomic mass is 9.79. The van der Waals surface area contributed by atoms with Crippen LogP contribution in [0.3, 0.4) is 0 Å². The van der Waals surface area contributed by atoms with Gasteiger partial charge >= 0.3 is 0 Å². The van der Waals surface area contributed by atoms with E-state index in [1.54, 1.807) is 0 Å². The van der Waals surface area contributed by atoms with Crippen molar-refractivity contribution < 1.29 is 4.79 Å². The lowest BCUT2D eigenvalue weighted by Crippen LogP contribution is -2.48. The van der Waals surface area contributed by atoms with Crippen LogP contribution >= 0.6 is 11.8 Å². The van der Waals surface area contributed by atoms with E-state index in [9.17, 15) is 4.79 Å². The number of carbonyl (C=O) groups excluding carboxylic acids is 1. The first kappa shape index (κ1) is 22.7. The van der Waals surface area contributed by atoms with E-state index >= 15 is 0 Å². The second-order valence-corrected chi connectivity index (χ2v) is 10.6. The van der Waals surface area contributed by atoms with E-state index in [0.717, 1.165) is 36.2 Å². The number of nitrogens with one attached hydrogen (secondary N) is 1. The summed E-state index contributed by atoms with van der Waals surface area (Å²) >= 11 is 1.41. The lowest BCUT2D eigenvalue weighted by Gasteiger charge is -2.48. The van der Waals surface area contributed by atoms with E-state index in [1.807, 2.05) is 37.3 Å². The van der Waals surface area contributed by atoms with Crippen LogP contribution < -0.4 is 10.2 Å². The second kappa shape index (κ2) is 8.78. The Morgan fingerprint density at radius 1 is 1.22 bits per heavy atom. The van der Waals surface area contributed by atoms with Gasteiger partial charge in [0.1, 0.15) is 0 Å². The highest BCUT2D eigenvalue weighted by molar-refractivity contribution is 8.18. The van der Waals surface area contributed by atoms with Crippen LogP contribution in [0.25, 0.3) is 6.08 Å². The zero-order chi connectivity index (χ0) is 23.0. The number of amidine groups is 1. The zero-order valence-electron chi connectivity index (χ0n) is 20.0. The number of aryl methyl sites for hydroxylation is 2. The van der Waals surface area contributed by atoms with Crippen molar-refractivity contribution in [1.82, 2.24) is 5.32 Å². The Balaban J connectivity index is 1.67. The van der Waals surface area contributed by atoms with E-state index in [0.29, 0.717) is 16.0 Å². The molecule has 2 aliphatic heterocycles. The van der Waals surface area contributed by atoms with Crippen molar-refractivity contribution >= 4 is 40.3 Å². The molecule has 5 heteroatoms. The number of thioether (sulfide) groups is 1. The highest BCUT2D eigenvalue weighted by Crippen LogP contribution is 2.45.